The van der Waals surface area contributed by atoms with Crippen molar-refractivity contribution >= 4 is 0 Å². The van der Waals surface area contributed by atoms with E-state index in [1.165, 1.54) is 5.01 Å². The van der Waals surface area contributed by atoms with E-state index >= 15 is 0 Å². The lowest BCUT2D eigenvalue weighted by Crippen LogP contribution is -2.46. The Morgan fingerprint density at radius 2 is 2.15 bits per heavy atom. The molecule has 0 saturated heterocycles. The third-order valence-corrected chi connectivity index (χ3v) is 1.77. The first-order valence-electron chi connectivity index (χ1n) is 4.55. The predicted octanol–water partition coefficient (Wildman–Crippen LogP) is 1.53. The van der Waals surface area contributed by atoms with Gasteiger partial charge in [0.2, 0.25) is 0 Å². The molecule has 0 aliphatic heterocycles. The number of hydrogen-bond acceptors (Lipinski definition) is 4. The van der Waals surface area contributed by atoms with Crippen LogP contribution in [-0.2, 0) is 0 Å². The Morgan fingerprint density at radius 1 is 1.54 bits per heavy atom. The Labute approximate surface area is 79.0 Å². The van der Waals surface area contributed by atoms with Gasteiger partial charge in [-0.1, -0.05) is 13.3 Å². The van der Waals surface area contributed by atoms with E-state index in [0.29, 0.717) is 13.1 Å². The second kappa shape index (κ2) is 5.88. The Hall–Kier alpha value is -0.680. The van der Waals surface area contributed by atoms with Crippen LogP contribution >= 0.6 is 0 Å². The lowest BCUT2D eigenvalue weighted by atomic mass is 10.1. The third-order valence-electron chi connectivity index (χ3n) is 1.77. The zero-order valence-electron chi connectivity index (χ0n) is 8.58. The molecule has 13 heavy (non-hydrogen) atoms. The highest BCUT2D eigenvalue weighted by atomic mass is 16.5. The molecule has 0 radical (unpaired) electrons. The van der Waals surface area contributed by atoms with Gasteiger partial charge in [0.15, 0.2) is 0 Å². The fourth-order valence-corrected chi connectivity index (χ4v) is 0.981. The topological polar surface area (TPSA) is 64.9 Å². The number of nitrogens with zero attached hydrogens (tertiary/aromatic N) is 2. The summed E-state index contributed by atoms with van der Waals surface area (Å²) in [6, 6.07) is 0. The molecule has 0 rings (SSSR count). The molecular formula is C8H19N3O2. The van der Waals surface area contributed by atoms with Gasteiger partial charge in [-0.2, -0.15) is 5.48 Å². The number of unbranched alkanes of at least 4 members (excludes halogenated alkanes) is 1. The highest BCUT2D eigenvalue weighted by molar-refractivity contribution is 4.76. The van der Waals surface area contributed by atoms with Crippen LogP contribution in [0.4, 0.5) is 0 Å². The summed E-state index contributed by atoms with van der Waals surface area (Å²) in [6.07, 6.45) is 1.96. The fraction of sp³-hybridized carbons (Fsp3) is 1.00. The minimum Gasteiger partial charge on any atom is -0.316 e. The molecule has 78 valence electrons. The molecule has 0 saturated carbocycles. The molecule has 0 aromatic rings. The van der Waals surface area contributed by atoms with Crippen molar-refractivity contribution < 1.29 is 5.21 Å². The Bertz CT molecular complexity index is 150. The van der Waals surface area contributed by atoms with E-state index in [2.05, 4.69) is 17.7 Å². The van der Waals surface area contributed by atoms with Crippen molar-refractivity contribution in [2.45, 2.75) is 39.2 Å². The average Bonchev–Trinajstić information content (AvgIpc) is 2.12. The molecule has 0 bridgehead atoms. The van der Waals surface area contributed by atoms with Crippen molar-refractivity contribution in [2.24, 2.45) is 5.29 Å². The molecule has 0 unspecified atom stereocenters. The van der Waals surface area contributed by atoms with E-state index in [0.717, 1.165) is 12.8 Å². The van der Waals surface area contributed by atoms with Crippen LogP contribution in [0.25, 0.3) is 0 Å². The third kappa shape index (κ3) is 5.54. The lowest BCUT2D eigenvalue weighted by Gasteiger charge is -2.27. The van der Waals surface area contributed by atoms with Crippen molar-refractivity contribution in [3.05, 3.63) is 4.91 Å². The minimum absolute atomic E-state index is 0.410. The Balaban J connectivity index is 3.89. The molecule has 2 N–H and O–H groups in total. The zero-order valence-corrected chi connectivity index (χ0v) is 8.58. The van der Waals surface area contributed by atoms with Crippen LogP contribution < -0.4 is 5.48 Å². The summed E-state index contributed by atoms with van der Waals surface area (Å²) in [7, 11) is 0. The van der Waals surface area contributed by atoms with Gasteiger partial charge in [0, 0.05) is 6.54 Å². The first-order chi connectivity index (χ1) is 6.05. The van der Waals surface area contributed by atoms with Crippen LogP contribution in [0.1, 0.15) is 33.6 Å². The van der Waals surface area contributed by atoms with Crippen LogP contribution in [0.2, 0.25) is 0 Å². The van der Waals surface area contributed by atoms with E-state index in [9.17, 15) is 4.91 Å². The van der Waals surface area contributed by atoms with E-state index in [1.54, 1.807) is 13.8 Å². The summed E-state index contributed by atoms with van der Waals surface area (Å²) in [4.78, 5) is 10.4. The summed E-state index contributed by atoms with van der Waals surface area (Å²) in [6.45, 7) is 6.71. The summed E-state index contributed by atoms with van der Waals surface area (Å²) < 4.78 is 0. The maximum absolute atomic E-state index is 10.4. The SMILES string of the molecule is CCCCN(CC(C)(C)NO)N=O. The van der Waals surface area contributed by atoms with Crippen LogP contribution in [0.15, 0.2) is 5.29 Å². The van der Waals surface area contributed by atoms with E-state index in [-0.39, 0.29) is 0 Å². The first-order valence-corrected chi connectivity index (χ1v) is 4.55. The number of rotatable bonds is 7. The molecule has 0 aromatic carbocycles. The van der Waals surface area contributed by atoms with Gasteiger partial charge in [-0.15, -0.1) is 4.91 Å². The van der Waals surface area contributed by atoms with Gasteiger partial charge in [0.05, 0.1) is 17.4 Å². The molecular weight excluding hydrogens is 170 g/mol. The highest BCUT2D eigenvalue weighted by Crippen LogP contribution is 2.06. The van der Waals surface area contributed by atoms with Crippen molar-refractivity contribution in [3.8, 4) is 0 Å². The van der Waals surface area contributed by atoms with Gasteiger partial charge in [0.25, 0.3) is 0 Å². The number of nitrogens with one attached hydrogen (secondary N) is 1. The van der Waals surface area contributed by atoms with Crippen molar-refractivity contribution in [1.29, 1.82) is 0 Å². The Kier molecular flexibility index (Phi) is 5.57. The predicted molar refractivity (Wildman–Crippen MR) is 51.3 cm³/mol. The lowest BCUT2D eigenvalue weighted by molar-refractivity contribution is 0.0547. The van der Waals surface area contributed by atoms with Crippen LogP contribution in [0.3, 0.4) is 0 Å². The molecule has 0 heterocycles. The second-order valence-electron chi connectivity index (χ2n) is 3.82. The maximum atomic E-state index is 10.4. The zero-order chi connectivity index (χ0) is 10.3. The summed E-state index contributed by atoms with van der Waals surface area (Å²) in [5.41, 5.74) is 1.64. The monoisotopic (exact) mass is 189 g/mol. The normalized spacial score (nSPS) is 11.4. The van der Waals surface area contributed by atoms with Crippen molar-refractivity contribution in [3.63, 3.8) is 0 Å². The molecule has 0 aromatic heterocycles. The molecule has 0 aliphatic rings. The standard InChI is InChI=1S/C8H19N3O2/c1-4-5-6-11(10-13)7-8(2,3)9-12/h9,12H,4-7H2,1-3H3. The van der Waals surface area contributed by atoms with Gasteiger partial charge in [0.1, 0.15) is 0 Å². The Morgan fingerprint density at radius 3 is 2.54 bits per heavy atom. The van der Waals surface area contributed by atoms with Gasteiger partial charge < -0.3 is 5.21 Å². The summed E-state index contributed by atoms with van der Waals surface area (Å²) in [5, 5.41) is 13.1. The van der Waals surface area contributed by atoms with Gasteiger partial charge >= 0.3 is 0 Å². The minimum atomic E-state index is -0.498. The van der Waals surface area contributed by atoms with Crippen molar-refractivity contribution in [2.75, 3.05) is 13.1 Å². The van der Waals surface area contributed by atoms with Gasteiger partial charge in [-0.25, -0.2) is 0 Å². The maximum Gasteiger partial charge on any atom is 0.0591 e. The van der Waals surface area contributed by atoms with Crippen LogP contribution in [-0.4, -0.2) is 28.8 Å². The summed E-state index contributed by atoms with van der Waals surface area (Å²) in [5.74, 6) is 0. The fourth-order valence-electron chi connectivity index (χ4n) is 0.981. The molecule has 5 nitrogen and oxygen atoms in total. The van der Waals surface area contributed by atoms with E-state index < -0.39 is 5.54 Å². The number of hydroxylamine groups is 1. The molecule has 0 spiro atoms. The largest absolute Gasteiger partial charge is 0.316 e. The quantitative estimate of drug-likeness (QED) is 0.471. The van der Waals surface area contributed by atoms with Crippen LogP contribution in [0.5, 0.6) is 0 Å². The second-order valence-corrected chi connectivity index (χ2v) is 3.82. The molecule has 0 amide bonds. The molecule has 0 fully saturated rings. The van der Waals surface area contributed by atoms with Gasteiger partial charge in [-0.3, -0.25) is 5.01 Å². The molecule has 0 aliphatic carbocycles. The molecule has 0 atom stereocenters. The van der Waals surface area contributed by atoms with Gasteiger partial charge in [-0.05, 0) is 20.3 Å². The van der Waals surface area contributed by atoms with E-state index in [4.69, 9.17) is 5.21 Å². The van der Waals surface area contributed by atoms with E-state index in [1.807, 2.05) is 0 Å². The number of hydrogen-bond donors (Lipinski definition) is 2. The number of nitroso groups, excluding NO2 is 1. The smallest absolute Gasteiger partial charge is 0.0591 e. The van der Waals surface area contributed by atoms with Crippen molar-refractivity contribution in [1.82, 2.24) is 10.5 Å². The van der Waals surface area contributed by atoms with Crippen LogP contribution in [0, 0.1) is 4.91 Å². The average molecular weight is 189 g/mol. The highest BCUT2D eigenvalue weighted by Gasteiger charge is 2.20. The summed E-state index contributed by atoms with van der Waals surface area (Å²) >= 11 is 0. The first kappa shape index (κ1) is 12.3. The molecule has 5 heteroatoms.